The van der Waals surface area contributed by atoms with E-state index >= 15 is 0 Å². The van der Waals surface area contributed by atoms with Gasteiger partial charge in [-0.05, 0) is 36.4 Å². The first-order chi connectivity index (χ1) is 8.04. The fourth-order valence-electron chi connectivity index (χ4n) is 1.37. The smallest absolute Gasteiger partial charge is 0.0565 e. The van der Waals surface area contributed by atoms with Crippen LogP contribution in [0, 0.1) is 0 Å². The Balaban J connectivity index is 2.31. The Bertz CT molecular complexity index is 538. The third kappa shape index (κ3) is 3.22. The summed E-state index contributed by atoms with van der Waals surface area (Å²) in [7, 11) is 0. The van der Waals surface area contributed by atoms with Crippen molar-refractivity contribution in [1.29, 1.82) is 0 Å². The van der Waals surface area contributed by atoms with Crippen molar-refractivity contribution in [2.75, 3.05) is 11.5 Å². The molecule has 4 N–H and O–H groups in total. The van der Waals surface area contributed by atoms with E-state index in [-0.39, 0.29) is 0 Å². The maximum atomic E-state index is 6.09. The summed E-state index contributed by atoms with van der Waals surface area (Å²) in [5.74, 6) is 0. The van der Waals surface area contributed by atoms with Crippen molar-refractivity contribution in [3.63, 3.8) is 0 Å². The standard InChI is InChI=1S/C12H10Cl2N2S/c13-7-3-9(16)5-10(4-7)17-12-2-1-8(15)6-11(12)14/h1-6H,15-16H2. The second-order valence-electron chi connectivity index (χ2n) is 3.51. The van der Waals surface area contributed by atoms with Gasteiger partial charge in [0.1, 0.15) is 0 Å². The van der Waals surface area contributed by atoms with Crippen LogP contribution in [0.15, 0.2) is 46.2 Å². The molecule has 5 heteroatoms. The summed E-state index contributed by atoms with van der Waals surface area (Å²) in [6, 6.07) is 10.8. The SMILES string of the molecule is Nc1cc(Cl)cc(Sc2ccc(N)cc2Cl)c1. The maximum Gasteiger partial charge on any atom is 0.0565 e. The molecule has 0 spiro atoms. The summed E-state index contributed by atoms with van der Waals surface area (Å²) in [6.07, 6.45) is 0. The van der Waals surface area contributed by atoms with Crippen molar-refractivity contribution in [1.82, 2.24) is 0 Å². The first kappa shape index (κ1) is 12.4. The van der Waals surface area contributed by atoms with E-state index in [4.69, 9.17) is 34.7 Å². The van der Waals surface area contributed by atoms with Crippen LogP contribution in [0.1, 0.15) is 0 Å². The highest BCUT2D eigenvalue weighted by molar-refractivity contribution is 7.99. The van der Waals surface area contributed by atoms with Crippen molar-refractivity contribution in [3.05, 3.63) is 46.4 Å². The molecular weight excluding hydrogens is 275 g/mol. The van der Waals surface area contributed by atoms with Crippen LogP contribution < -0.4 is 11.5 Å². The Morgan fingerprint density at radius 1 is 0.882 bits per heavy atom. The Kier molecular flexibility index (Phi) is 3.72. The highest BCUT2D eigenvalue weighted by atomic mass is 35.5. The molecule has 2 rings (SSSR count). The second kappa shape index (κ2) is 5.08. The van der Waals surface area contributed by atoms with Crippen molar-refractivity contribution in [2.45, 2.75) is 9.79 Å². The normalized spacial score (nSPS) is 10.5. The molecule has 0 heterocycles. The zero-order chi connectivity index (χ0) is 12.4. The Morgan fingerprint density at radius 2 is 1.65 bits per heavy atom. The van der Waals surface area contributed by atoms with E-state index in [0.29, 0.717) is 21.4 Å². The summed E-state index contributed by atoms with van der Waals surface area (Å²) < 4.78 is 0. The van der Waals surface area contributed by atoms with E-state index in [1.165, 1.54) is 11.8 Å². The van der Waals surface area contributed by atoms with Crippen molar-refractivity contribution in [3.8, 4) is 0 Å². The summed E-state index contributed by atoms with van der Waals surface area (Å²) in [4.78, 5) is 1.87. The van der Waals surface area contributed by atoms with Crippen LogP contribution >= 0.6 is 35.0 Å². The first-order valence-corrected chi connectivity index (χ1v) is 6.41. The van der Waals surface area contributed by atoms with Gasteiger partial charge >= 0.3 is 0 Å². The Labute approximate surface area is 114 Å². The third-order valence-electron chi connectivity index (χ3n) is 2.08. The molecule has 0 fully saturated rings. The molecule has 0 atom stereocenters. The quantitative estimate of drug-likeness (QED) is 0.808. The summed E-state index contributed by atoms with van der Waals surface area (Å²) >= 11 is 13.5. The average Bonchev–Trinajstić information content (AvgIpc) is 2.21. The summed E-state index contributed by atoms with van der Waals surface area (Å²) in [6.45, 7) is 0. The van der Waals surface area contributed by atoms with Crippen molar-refractivity contribution < 1.29 is 0 Å². The van der Waals surface area contributed by atoms with Crippen molar-refractivity contribution in [2.24, 2.45) is 0 Å². The van der Waals surface area contributed by atoms with Gasteiger partial charge in [0.2, 0.25) is 0 Å². The lowest BCUT2D eigenvalue weighted by Crippen LogP contribution is -1.86. The van der Waals surface area contributed by atoms with Crippen LogP contribution in [0.25, 0.3) is 0 Å². The van der Waals surface area contributed by atoms with Gasteiger partial charge in [0.15, 0.2) is 0 Å². The van der Waals surface area contributed by atoms with Gasteiger partial charge in [0.25, 0.3) is 0 Å². The van der Waals surface area contributed by atoms with Crippen LogP contribution in [0.3, 0.4) is 0 Å². The number of hydrogen-bond donors (Lipinski definition) is 2. The van der Waals surface area contributed by atoms with Crippen LogP contribution in [-0.4, -0.2) is 0 Å². The lowest BCUT2D eigenvalue weighted by Gasteiger charge is -2.06. The van der Waals surface area contributed by atoms with E-state index < -0.39 is 0 Å². The van der Waals surface area contributed by atoms with Crippen LogP contribution in [0.5, 0.6) is 0 Å². The molecule has 0 aliphatic rings. The summed E-state index contributed by atoms with van der Waals surface area (Å²) in [5, 5.41) is 1.23. The van der Waals surface area contributed by atoms with Crippen molar-refractivity contribution >= 4 is 46.3 Å². The summed E-state index contributed by atoms with van der Waals surface area (Å²) in [5.41, 5.74) is 12.6. The molecule has 0 amide bonds. The largest absolute Gasteiger partial charge is 0.399 e. The fourth-order valence-corrected chi connectivity index (χ4v) is 2.91. The molecule has 0 unspecified atom stereocenters. The van der Waals surface area contributed by atoms with Gasteiger partial charge in [-0.3, -0.25) is 0 Å². The number of halogens is 2. The lowest BCUT2D eigenvalue weighted by molar-refractivity contribution is 1.41. The van der Waals surface area contributed by atoms with Gasteiger partial charge in [-0.15, -0.1) is 0 Å². The van der Waals surface area contributed by atoms with Crippen LogP contribution in [0.4, 0.5) is 11.4 Å². The molecule has 0 aliphatic carbocycles. The minimum atomic E-state index is 0.610. The van der Waals surface area contributed by atoms with E-state index in [2.05, 4.69) is 0 Å². The minimum Gasteiger partial charge on any atom is -0.399 e. The molecule has 88 valence electrons. The first-order valence-electron chi connectivity index (χ1n) is 4.83. The van der Waals surface area contributed by atoms with E-state index in [9.17, 15) is 0 Å². The number of anilines is 2. The Morgan fingerprint density at radius 3 is 2.29 bits per heavy atom. The molecule has 17 heavy (non-hydrogen) atoms. The van der Waals surface area contributed by atoms with Gasteiger partial charge in [-0.25, -0.2) is 0 Å². The van der Waals surface area contributed by atoms with Crippen LogP contribution in [-0.2, 0) is 0 Å². The second-order valence-corrected chi connectivity index (χ2v) is 5.47. The zero-order valence-corrected chi connectivity index (χ0v) is 11.1. The number of nitrogens with two attached hydrogens (primary N) is 2. The topological polar surface area (TPSA) is 52.0 Å². The Hall–Kier alpha value is -1.03. The lowest BCUT2D eigenvalue weighted by atomic mass is 10.3. The molecular formula is C12H10Cl2N2S. The molecule has 0 aromatic heterocycles. The van der Waals surface area contributed by atoms with E-state index in [0.717, 1.165) is 9.79 Å². The number of hydrogen-bond acceptors (Lipinski definition) is 3. The van der Waals surface area contributed by atoms with Crippen LogP contribution in [0.2, 0.25) is 10.0 Å². The number of benzene rings is 2. The number of nitrogen functional groups attached to an aromatic ring is 2. The molecule has 0 aliphatic heterocycles. The predicted molar refractivity (Wildman–Crippen MR) is 75.9 cm³/mol. The van der Waals surface area contributed by atoms with Gasteiger partial charge < -0.3 is 11.5 Å². The van der Waals surface area contributed by atoms with E-state index in [1.807, 2.05) is 24.3 Å². The van der Waals surface area contributed by atoms with Gasteiger partial charge in [0, 0.05) is 26.2 Å². The fraction of sp³-hybridized carbons (Fsp3) is 0. The molecule has 0 saturated heterocycles. The highest BCUT2D eigenvalue weighted by Crippen LogP contribution is 2.36. The highest BCUT2D eigenvalue weighted by Gasteiger charge is 2.04. The molecule has 0 saturated carbocycles. The van der Waals surface area contributed by atoms with Gasteiger partial charge in [0.05, 0.1) is 5.02 Å². The maximum absolute atomic E-state index is 6.09. The molecule has 0 radical (unpaired) electrons. The van der Waals surface area contributed by atoms with Gasteiger partial charge in [-0.1, -0.05) is 35.0 Å². The minimum absolute atomic E-state index is 0.610. The molecule has 2 aromatic rings. The third-order valence-corrected chi connectivity index (χ3v) is 3.77. The van der Waals surface area contributed by atoms with Gasteiger partial charge in [-0.2, -0.15) is 0 Å². The molecule has 0 bridgehead atoms. The average molecular weight is 285 g/mol. The van der Waals surface area contributed by atoms with E-state index in [1.54, 1.807) is 12.1 Å². The number of rotatable bonds is 2. The predicted octanol–water partition coefficient (Wildman–Crippen LogP) is 4.31. The monoisotopic (exact) mass is 284 g/mol. The molecule has 2 nitrogen and oxygen atoms in total. The molecule has 2 aromatic carbocycles. The zero-order valence-electron chi connectivity index (χ0n) is 8.78.